The summed E-state index contributed by atoms with van der Waals surface area (Å²) in [6.45, 7) is 6.57. The molecule has 2 aromatic rings. The first-order valence-corrected chi connectivity index (χ1v) is 8.73. The molecule has 2 heterocycles. The topological polar surface area (TPSA) is 29.3 Å². The van der Waals surface area contributed by atoms with Gasteiger partial charge >= 0.3 is 0 Å². The highest BCUT2D eigenvalue weighted by Gasteiger charge is 2.17. The molecular weight excluding hydrogens is 266 g/mol. The van der Waals surface area contributed by atoms with Gasteiger partial charge in [-0.05, 0) is 31.7 Å². The molecule has 0 atom stereocenters. The van der Waals surface area contributed by atoms with Crippen LogP contribution in [-0.4, -0.2) is 15.9 Å². The fraction of sp³-hybridized carbons (Fsp3) is 0.688. The minimum absolute atomic E-state index is 0.937. The van der Waals surface area contributed by atoms with Gasteiger partial charge in [-0.15, -0.1) is 11.3 Å². The lowest BCUT2D eigenvalue weighted by molar-refractivity contribution is 0.275. The summed E-state index contributed by atoms with van der Waals surface area (Å²) in [4.78, 5) is 5.70. The monoisotopic (exact) mass is 291 g/mol. The SMILES string of the molecule is Cc1nc2sccn2c1CNCCC1CCC(C)CC1. The Hall–Kier alpha value is -0.870. The van der Waals surface area contributed by atoms with Crippen LogP contribution in [0, 0.1) is 18.8 Å². The number of imidazole rings is 1. The maximum atomic E-state index is 4.59. The molecule has 0 radical (unpaired) electrons. The fourth-order valence-corrected chi connectivity index (χ4v) is 4.06. The van der Waals surface area contributed by atoms with E-state index in [0.29, 0.717) is 0 Å². The van der Waals surface area contributed by atoms with Gasteiger partial charge in [0.05, 0.1) is 11.4 Å². The van der Waals surface area contributed by atoms with E-state index < -0.39 is 0 Å². The molecule has 1 N–H and O–H groups in total. The van der Waals surface area contributed by atoms with Gasteiger partial charge in [-0.1, -0.05) is 32.6 Å². The minimum Gasteiger partial charge on any atom is -0.311 e. The molecule has 0 unspecified atom stereocenters. The molecule has 20 heavy (non-hydrogen) atoms. The number of thiazole rings is 1. The highest BCUT2D eigenvalue weighted by molar-refractivity contribution is 7.15. The molecule has 2 aromatic heterocycles. The van der Waals surface area contributed by atoms with Crippen LogP contribution < -0.4 is 5.32 Å². The largest absolute Gasteiger partial charge is 0.311 e. The van der Waals surface area contributed by atoms with Crippen LogP contribution in [0.1, 0.15) is 50.4 Å². The molecular formula is C16H25N3S. The zero-order valence-corrected chi connectivity index (χ0v) is 13.4. The molecule has 3 nitrogen and oxygen atoms in total. The highest BCUT2D eigenvalue weighted by atomic mass is 32.1. The van der Waals surface area contributed by atoms with Crippen molar-refractivity contribution in [1.82, 2.24) is 14.7 Å². The van der Waals surface area contributed by atoms with Crippen LogP contribution in [0.5, 0.6) is 0 Å². The number of hydrogen-bond donors (Lipinski definition) is 1. The second kappa shape index (κ2) is 6.27. The van der Waals surface area contributed by atoms with E-state index in [-0.39, 0.29) is 0 Å². The number of nitrogens with one attached hydrogen (secondary N) is 1. The quantitative estimate of drug-likeness (QED) is 0.843. The first-order chi connectivity index (χ1) is 9.74. The van der Waals surface area contributed by atoms with Crippen LogP contribution in [0.25, 0.3) is 4.96 Å². The van der Waals surface area contributed by atoms with Crippen molar-refractivity contribution >= 4 is 16.3 Å². The zero-order valence-electron chi connectivity index (χ0n) is 12.6. The number of hydrogen-bond acceptors (Lipinski definition) is 3. The Balaban J connectivity index is 1.46. The van der Waals surface area contributed by atoms with Gasteiger partial charge in [-0.2, -0.15) is 0 Å². The summed E-state index contributed by atoms with van der Waals surface area (Å²) >= 11 is 1.71. The zero-order chi connectivity index (χ0) is 13.9. The Labute approximate surface area is 125 Å². The number of rotatable bonds is 5. The van der Waals surface area contributed by atoms with E-state index in [4.69, 9.17) is 0 Å². The highest BCUT2D eigenvalue weighted by Crippen LogP contribution is 2.29. The Kier molecular flexibility index (Phi) is 4.41. The van der Waals surface area contributed by atoms with Crippen LogP contribution in [0.3, 0.4) is 0 Å². The summed E-state index contributed by atoms with van der Waals surface area (Å²) in [5, 5.41) is 5.72. The van der Waals surface area contributed by atoms with Crippen LogP contribution in [-0.2, 0) is 6.54 Å². The first kappa shape index (κ1) is 14.1. The van der Waals surface area contributed by atoms with Crippen molar-refractivity contribution in [1.29, 1.82) is 0 Å². The molecule has 110 valence electrons. The lowest BCUT2D eigenvalue weighted by Gasteiger charge is -2.26. The Morgan fingerprint density at radius 1 is 1.35 bits per heavy atom. The average Bonchev–Trinajstić information content (AvgIpc) is 2.98. The molecule has 0 aromatic carbocycles. The Morgan fingerprint density at radius 3 is 2.95 bits per heavy atom. The second-order valence-corrected chi connectivity index (χ2v) is 7.16. The van der Waals surface area contributed by atoms with E-state index in [2.05, 4.69) is 40.1 Å². The van der Waals surface area contributed by atoms with E-state index >= 15 is 0 Å². The van der Waals surface area contributed by atoms with Crippen molar-refractivity contribution in [2.75, 3.05) is 6.54 Å². The standard InChI is InChI=1S/C16H25N3S/c1-12-3-5-14(6-4-12)7-8-17-11-15-13(2)18-16-19(15)9-10-20-16/h9-10,12,14,17H,3-8,11H2,1-2H3. The van der Waals surface area contributed by atoms with E-state index in [0.717, 1.165) is 35.6 Å². The van der Waals surface area contributed by atoms with E-state index in [1.807, 2.05) is 0 Å². The molecule has 1 aliphatic carbocycles. The van der Waals surface area contributed by atoms with Gasteiger partial charge in [0.1, 0.15) is 0 Å². The second-order valence-electron chi connectivity index (χ2n) is 6.29. The first-order valence-electron chi connectivity index (χ1n) is 7.86. The molecule has 0 aliphatic heterocycles. The molecule has 0 spiro atoms. The Morgan fingerprint density at radius 2 is 2.15 bits per heavy atom. The summed E-state index contributed by atoms with van der Waals surface area (Å²) in [5.74, 6) is 1.91. The van der Waals surface area contributed by atoms with Gasteiger partial charge in [0.15, 0.2) is 4.96 Å². The van der Waals surface area contributed by atoms with Crippen LogP contribution in [0.15, 0.2) is 11.6 Å². The van der Waals surface area contributed by atoms with Crippen LogP contribution >= 0.6 is 11.3 Å². The Bertz CT molecular complexity index is 549. The van der Waals surface area contributed by atoms with Crippen molar-refractivity contribution in [2.24, 2.45) is 11.8 Å². The van der Waals surface area contributed by atoms with Gasteiger partial charge in [0.25, 0.3) is 0 Å². The molecule has 1 saturated carbocycles. The minimum atomic E-state index is 0.937. The number of nitrogens with zero attached hydrogens (tertiary/aromatic N) is 2. The third-order valence-electron chi connectivity index (χ3n) is 4.72. The summed E-state index contributed by atoms with van der Waals surface area (Å²) in [7, 11) is 0. The van der Waals surface area contributed by atoms with E-state index in [9.17, 15) is 0 Å². The van der Waals surface area contributed by atoms with Gasteiger partial charge in [0.2, 0.25) is 0 Å². The normalized spacial score (nSPS) is 23.5. The summed E-state index contributed by atoms with van der Waals surface area (Å²) in [6, 6.07) is 0. The molecule has 0 bridgehead atoms. The average molecular weight is 291 g/mol. The lowest BCUT2D eigenvalue weighted by Crippen LogP contribution is -2.21. The molecule has 1 fully saturated rings. The van der Waals surface area contributed by atoms with Gasteiger partial charge < -0.3 is 5.32 Å². The number of fused-ring (bicyclic) bond motifs is 1. The van der Waals surface area contributed by atoms with Gasteiger partial charge in [-0.25, -0.2) is 4.98 Å². The number of aryl methyl sites for hydroxylation is 1. The van der Waals surface area contributed by atoms with E-state index in [1.54, 1.807) is 11.3 Å². The summed E-state index contributed by atoms with van der Waals surface area (Å²) < 4.78 is 2.22. The predicted octanol–water partition coefficient (Wildman–Crippen LogP) is 4.01. The molecule has 3 rings (SSSR count). The smallest absolute Gasteiger partial charge is 0.194 e. The number of aromatic nitrogens is 2. The van der Waals surface area contributed by atoms with Crippen molar-refractivity contribution in [3.63, 3.8) is 0 Å². The fourth-order valence-electron chi connectivity index (χ4n) is 3.28. The van der Waals surface area contributed by atoms with Crippen molar-refractivity contribution in [3.05, 3.63) is 23.0 Å². The maximum absolute atomic E-state index is 4.59. The summed E-state index contributed by atoms with van der Waals surface area (Å²) in [5.41, 5.74) is 2.48. The van der Waals surface area contributed by atoms with Crippen molar-refractivity contribution in [3.8, 4) is 0 Å². The van der Waals surface area contributed by atoms with Crippen LogP contribution in [0.4, 0.5) is 0 Å². The van der Waals surface area contributed by atoms with Gasteiger partial charge in [0, 0.05) is 18.1 Å². The maximum Gasteiger partial charge on any atom is 0.194 e. The van der Waals surface area contributed by atoms with Crippen molar-refractivity contribution in [2.45, 2.75) is 52.5 Å². The van der Waals surface area contributed by atoms with Crippen molar-refractivity contribution < 1.29 is 0 Å². The van der Waals surface area contributed by atoms with E-state index in [1.165, 1.54) is 37.8 Å². The molecule has 4 heteroatoms. The van der Waals surface area contributed by atoms with Crippen LogP contribution in [0.2, 0.25) is 0 Å². The lowest BCUT2D eigenvalue weighted by atomic mass is 9.81. The summed E-state index contributed by atoms with van der Waals surface area (Å²) in [6.07, 6.45) is 9.19. The molecule has 0 saturated heterocycles. The molecule has 0 amide bonds. The third-order valence-corrected chi connectivity index (χ3v) is 5.48. The predicted molar refractivity (Wildman–Crippen MR) is 85.3 cm³/mol. The van der Waals surface area contributed by atoms with Gasteiger partial charge in [-0.3, -0.25) is 4.40 Å². The third kappa shape index (κ3) is 3.07. The molecule has 1 aliphatic rings.